The lowest BCUT2D eigenvalue weighted by molar-refractivity contribution is -0.123. The smallest absolute Gasteiger partial charge is 0.415 e. The Kier molecular flexibility index (Phi) is 23.9. The van der Waals surface area contributed by atoms with Crippen molar-refractivity contribution in [3.8, 4) is 11.5 Å². The van der Waals surface area contributed by atoms with Crippen molar-refractivity contribution >= 4 is 26.4 Å². The van der Waals surface area contributed by atoms with Crippen LogP contribution in [0.2, 0.25) is 18.1 Å². The predicted molar refractivity (Wildman–Crippen MR) is 232 cm³/mol. The van der Waals surface area contributed by atoms with Crippen molar-refractivity contribution in [3.05, 3.63) is 59.7 Å². The molecule has 0 unspecified atom stereocenters. The molecule has 2 rings (SSSR count). The molecule has 0 aromatic heterocycles. The minimum absolute atomic E-state index is 0.196. The van der Waals surface area contributed by atoms with Gasteiger partial charge < -0.3 is 34.3 Å². The molecular weight excluding hydrogens is 709 g/mol. The molecule has 314 valence electrons. The Hall–Kier alpha value is -3.57. The molecule has 2 aromatic carbocycles. The van der Waals surface area contributed by atoms with Gasteiger partial charge in [0.1, 0.15) is 23.1 Å². The van der Waals surface area contributed by atoms with E-state index in [-0.39, 0.29) is 30.0 Å². The molecule has 0 bridgehead atoms. The third-order valence-corrected chi connectivity index (χ3v) is 13.8. The highest BCUT2D eigenvalue weighted by Gasteiger charge is 2.39. The van der Waals surface area contributed by atoms with Crippen LogP contribution in [0.1, 0.15) is 114 Å². The van der Waals surface area contributed by atoms with Gasteiger partial charge in [0, 0.05) is 19.6 Å². The zero-order chi connectivity index (χ0) is 42.4. The van der Waals surface area contributed by atoms with E-state index in [9.17, 15) is 14.4 Å². The summed E-state index contributed by atoms with van der Waals surface area (Å²) in [5, 5.41) is 5.70. The second-order valence-electron chi connectivity index (χ2n) is 16.5. The van der Waals surface area contributed by atoms with Crippen LogP contribution in [0, 0.1) is 5.92 Å². The van der Waals surface area contributed by atoms with Gasteiger partial charge in [-0.1, -0.05) is 93.5 Å². The molecule has 0 heterocycles. The van der Waals surface area contributed by atoms with E-state index in [2.05, 4.69) is 108 Å². The molecule has 10 nitrogen and oxygen atoms in total. The number of nitrogens with zero attached hydrogens (tertiary/aromatic N) is 2. The first-order valence-corrected chi connectivity index (χ1v) is 23.3. The van der Waals surface area contributed by atoms with E-state index in [0.29, 0.717) is 18.7 Å². The lowest BCUT2D eigenvalue weighted by atomic mass is 10.0. The maximum atomic E-state index is 12.7. The molecule has 1 atom stereocenters. The highest BCUT2D eigenvalue weighted by Crippen LogP contribution is 2.37. The van der Waals surface area contributed by atoms with E-state index in [4.69, 9.17) is 13.9 Å². The Labute approximate surface area is 336 Å². The summed E-state index contributed by atoms with van der Waals surface area (Å²) in [6.45, 7) is 37.7. The van der Waals surface area contributed by atoms with Crippen molar-refractivity contribution < 1.29 is 28.3 Å². The Morgan fingerprint density at radius 3 is 1.56 bits per heavy atom. The number of ether oxygens (including phenoxy) is 2. The molecule has 0 saturated carbocycles. The van der Waals surface area contributed by atoms with Gasteiger partial charge in [0.05, 0.1) is 0 Å². The fraction of sp³-hybridized carbons (Fsp3) is 0.659. The summed E-state index contributed by atoms with van der Waals surface area (Å²) in [6, 6.07) is 15.2. The molecule has 0 fully saturated rings. The minimum atomic E-state index is -1.67. The summed E-state index contributed by atoms with van der Waals surface area (Å²) < 4.78 is 16.9. The molecule has 2 aromatic rings. The number of nitrogens with one attached hydrogen (secondary N) is 2. The summed E-state index contributed by atoms with van der Waals surface area (Å²) in [4.78, 5) is 41.1. The molecule has 0 radical (unpaired) electrons. The van der Waals surface area contributed by atoms with Gasteiger partial charge in [-0.2, -0.15) is 0 Å². The SMILES string of the molecule is CCN(CC)CC.CCc1ccc(OC(=O)N(CC)CCNC(=O)[C@@H](CC(C)C)NC(=O)OC(C)(C)C)cc1.CCc1ccc(O[Si](C)(C)C(C)(C)C)cc1. The third kappa shape index (κ3) is 21.9. The van der Waals surface area contributed by atoms with E-state index >= 15 is 0 Å². The normalized spacial score (nSPS) is 12.0. The Balaban J connectivity index is 0.00000104. The summed E-state index contributed by atoms with van der Waals surface area (Å²) in [5.74, 6) is 1.38. The van der Waals surface area contributed by atoms with Gasteiger partial charge in [-0.05, 0) is 126 Å². The Morgan fingerprint density at radius 1 is 0.727 bits per heavy atom. The molecule has 55 heavy (non-hydrogen) atoms. The lowest BCUT2D eigenvalue weighted by Gasteiger charge is -2.36. The van der Waals surface area contributed by atoms with Crippen molar-refractivity contribution in [1.29, 1.82) is 0 Å². The van der Waals surface area contributed by atoms with Gasteiger partial charge in [0.15, 0.2) is 0 Å². The van der Waals surface area contributed by atoms with Crippen LogP contribution in [-0.2, 0) is 22.4 Å². The number of carbonyl (C=O) groups is 3. The van der Waals surface area contributed by atoms with E-state index in [0.717, 1.165) is 24.2 Å². The molecular formula is C44H78N4O6Si. The van der Waals surface area contributed by atoms with Crippen molar-refractivity contribution in [2.75, 3.05) is 39.3 Å². The zero-order valence-corrected chi connectivity index (χ0v) is 38.5. The van der Waals surface area contributed by atoms with Gasteiger partial charge >= 0.3 is 12.2 Å². The topological polar surface area (TPSA) is 109 Å². The third-order valence-electron chi connectivity index (χ3n) is 9.42. The molecule has 0 aliphatic heterocycles. The minimum Gasteiger partial charge on any atom is -0.544 e. The predicted octanol–water partition coefficient (Wildman–Crippen LogP) is 10.1. The quantitative estimate of drug-likeness (QED) is 0.163. The molecule has 2 N–H and O–H groups in total. The van der Waals surface area contributed by atoms with Gasteiger partial charge in [0.2, 0.25) is 14.2 Å². The van der Waals surface area contributed by atoms with E-state index < -0.39 is 32.1 Å². The molecule has 11 heteroatoms. The second kappa shape index (κ2) is 25.6. The molecule has 3 amide bonds. The first-order valence-electron chi connectivity index (χ1n) is 20.4. The van der Waals surface area contributed by atoms with E-state index in [1.54, 1.807) is 32.9 Å². The van der Waals surface area contributed by atoms with Crippen molar-refractivity contribution in [2.24, 2.45) is 5.92 Å². The number of benzene rings is 2. The molecule has 0 aliphatic carbocycles. The summed E-state index contributed by atoms with van der Waals surface area (Å²) in [5.41, 5.74) is 1.88. The van der Waals surface area contributed by atoms with Crippen LogP contribution < -0.4 is 19.8 Å². The average molecular weight is 787 g/mol. The number of likely N-dealkylation sites (N-methyl/N-ethyl adjacent to an activating group) is 1. The largest absolute Gasteiger partial charge is 0.544 e. The summed E-state index contributed by atoms with van der Waals surface area (Å²) >= 11 is 0. The number of aryl methyl sites for hydroxylation is 2. The molecule has 0 spiro atoms. The Bertz CT molecular complexity index is 1360. The second-order valence-corrected chi connectivity index (χ2v) is 21.3. The van der Waals surface area contributed by atoms with Gasteiger partial charge in [-0.3, -0.25) is 4.79 Å². The van der Waals surface area contributed by atoms with Crippen LogP contribution in [-0.4, -0.2) is 87.1 Å². The van der Waals surface area contributed by atoms with Crippen LogP contribution >= 0.6 is 0 Å². The van der Waals surface area contributed by atoms with Crippen molar-refractivity contribution in [1.82, 2.24) is 20.4 Å². The van der Waals surface area contributed by atoms with Gasteiger partial charge in [0.25, 0.3) is 0 Å². The summed E-state index contributed by atoms with van der Waals surface area (Å²) in [6.07, 6.45) is 1.36. The monoisotopic (exact) mass is 787 g/mol. The number of amides is 3. The van der Waals surface area contributed by atoms with Crippen LogP contribution in [0.25, 0.3) is 0 Å². The number of alkyl carbamates (subject to hydrolysis) is 1. The number of carbonyl (C=O) groups excluding carboxylic acids is 3. The van der Waals surface area contributed by atoms with Crippen molar-refractivity contribution in [2.45, 2.75) is 146 Å². The maximum absolute atomic E-state index is 12.7. The van der Waals surface area contributed by atoms with Crippen molar-refractivity contribution in [3.63, 3.8) is 0 Å². The number of hydrogen-bond donors (Lipinski definition) is 2. The first-order chi connectivity index (χ1) is 25.6. The van der Waals surface area contributed by atoms with E-state index in [1.807, 2.05) is 32.9 Å². The van der Waals surface area contributed by atoms with E-state index in [1.165, 1.54) is 30.1 Å². The highest BCUT2D eigenvalue weighted by molar-refractivity contribution is 6.74. The Morgan fingerprint density at radius 2 is 1.20 bits per heavy atom. The lowest BCUT2D eigenvalue weighted by Crippen LogP contribution is -2.50. The van der Waals surface area contributed by atoms with Crippen LogP contribution in [0.15, 0.2) is 48.5 Å². The number of hydrogen-bond acceptors (Lipinski definition) is 7. The summed E-state index contributed by atoms with van der Waals surface area (Å²) in [7, 11) is -1.67. The first kappa shape index (κ1) is 51.4. The van der Waals surface area contributed by atoms with Crippen LogP contribution in [0.5, 0.6) is 11.5 Å². The van der Waals surface area contributed by atoms with Gasteiger partial charge in [-0.25, -0.2) is 9.59 Å². The van der Waals surface area contributed by atoms with Crippen LogP contribution in [0.4, 0.5) is 9.59 Å². The maximum Gasteiger partial charge on any atom is 0.415 e. The zero-order valence-electron chi connectivity index (χ0n) is 37.5. The highest BCUT2D eigenvalue weighted by atomic mass is 28.4. The van der Waals surface area contributed by atoms with Gasteiger partial charge in [-0.15, -0.1) is 0 Å². The molecule has 0 saturated heterocycles. The number of rotatable bonds is 16. The standard InChI is InChI=1S/C24H39N3O5.C14H24OSi.C6H15N/c1-8-18-10-12-19(13-11-18)31-23(30)27(9-2)15-14-25-21(28)20(16-17(3)4)26-22(29)32-24(5,6)7;1-7-12-8-10-13(11-9-12)15-16(5,6)14(2,3)4;1-4-7(5-2)6-3/h10-13,17,20H,8-9,14-16H2,1-7H3,(H,25,28)(H,26,29);8-11H,7H2,1-6H3;4-6H2,1-3H3/t20-;;/m1../s1. The fourth-order valence-electron chi connectivity index (χ4n) is 4.84. The fourth-order valence-corrected chi connectivity index (χ4v) is 5.87. The van der Waals surface area contributed by atoms with Crippen LogP contribution in [0.3, 0.4) is 0 Å². The molecule has 0 aliphatic rings. The average Bonchev–Trinajstić information content (AvgIpc) is 3.10.